The monoisotopic (exact) mass is 321 g/mol. The van der Waals surface area contributed by atoms with Gasteiger partial charge in [-0.3, -0.25) is 10.1 Å². The van der Waals surface area contributed by atoms with E-state index in [4.69, 9.17) is 5.73 Å². The van der Waals surface area contributed by atoms with Crippen LogP contribution in [0, 0.1) is 10.1 Å². The molecule has 0 spiro atoms. The number of hydrogen-bond donors (Lipinski definition) is 1. The first kappa shape index (κ1) is 14.9. The van der Waals surface area contributed by atoms with Crippen molar-refractivity contribution in [2.24, 2.45) is 5.73 Å². The summed E-state index contributed by atoms with van der Waals surface area (Å²) in [5, 5.41) is 12.1. The van der Waals surface area contributed by atoms with E-state index in [1.54, 1.807) is 12.1 Å². The van der Waals surface area contributed by atoms with E-state index in [1.807, 2.05) is 24.3 Å². The molecule has 0 bridgehead atoms. The molecular formula is C19H19N3O2. The number of aryl methyl sites for hydroxylation is 1. The van der Waals surface area contributed by atoms with Crippen LogP contribution < -0.4 is 5.73 Å². The van der Waals surface area contributed by atoms with Gasteiger partial charge in [0.1, 0.15) is 0 Å². The van der Waals surface area contributed by atoms with E-state index in [2.05, 4.69) is 16.7 Å². The van der Waals surface area contributed by atoms with E-state index in [-0.39, 0.29) is 16.7 Å². The fourth-order valence-corrected chi connectivity index (χ4v) is 3.80. The molecule has 5 nitrogen and oxygen atoms in total. The molecule has 3 aromatic rings. The summed E-state index contributed by atoms with van der Waals surface area (Å²) in [7, 11) is 0. The molecule has 0 amide bonds. The topological polar surface area (TPSA) is 74.1 Å². The highest BCUT2D eigenvalue weighted by Gasteiger charge is 2.26. The smallest absolute Gasteiger partial charge is 0.270 e. The minimum atomic E-state index is -0.330. The quantitative estimate of drug-likeness (QED) is 0.586. The van der Waals surface area contributed by atoms with Gasteiger partial charge in [-0.25, -0.2) is 0 Å². The Hall–Kier alpha value is -2.66. The van der Waals surface area contributed by atoms with Crippen molar-refractivity contribution >= 4 is 16.6 Å². The van der Waals surface area contributed by atoms with Crippen LogP contribution in [-0.2, 0) is 13.0 Å². The lowest BCUT2D eigenvalue weighted by Gasteiger charge is -2.22. The Morgan fingerprint density at radius 3 is 2.75 bits per heavy atom. The van der Waals surface area contributed by atoms with E-state index < -0.39 is 0 Å². The molecule has 5 heteroatoms. The van der Waals surface area contributed by atoms with E-state index in [0.29, 0.717) is 0 Å². The third kappa shape index (κ3) is 2.37. The lowest BCUT2D eigenvalue weighted by atomic mass is 9.92. The predicted octanol–water partition coefficient (Wildman–Crippen LogP) is 3.93. The van der Waals surface area contributed by atoms with Gasteiger partial charge in [0.2, 0.25) is 0 Å². The zero-order chi connectivity index (χ0) is 16.7. The fourth-order valence-electron chi connectivity index (χ4n) is 3.80. The van der Waals surface area contributed by atoms with Gasteiger partial charge < -0.3 is 10.3 Å². The molecule has 0 fully saturated rings. The molecule has 4 rings (SSSR count). The SMILES string of the molecule is NC1CCCc2c1n(Cc1ccccc1)c1ccc([N+](=O)[O-])cc21. The van der Waals surface area contributed by atoms with E-state index in [0.717, 1.165) is 42.4 Å². The van der Waals surface area contributed by atoms with Gasteiger partial charge >= 0.3 is 0 Å². The van der Waals surface area contributed by atoms with Crippen LogP contribution in [0.2, 0.25) is 0 Å². The van der Waals surface area contributed by atoms with E-state index in [9.17, 15) is 10.1 Å². The third-order valence-corrected chi connectivity index (χ3v) is 4.88. The molecule has 1 heterocycles. The lowest BCUT2D eigenvalue weighted by Crippen LogP contribution is -2.21. The van der Waals surface area contributed by atoms with Gasteiger partial charge in [-0.05, 0) is 36.5 Å². The lowest BCUT2D eigenvalue weighted by molar-refractivity contribution is -0.384. The van der Waals surface area contributed by atoms with Crippen LogP contribution in [0.25, 0.3) is 10.9 Å². The summed E-state index contributed by atoms with van der Waals surface area (Å²) in [6.45, 7) is 0.734. The summed E-state index contributed by atoms with van der Waals surface area (Å²) in [6.07, 6.45) is 2.92. The van der Waals surface area contributed by atoms with Crippen LogP contribution >= 0.6 is 0 Å². The molecule has 0 aliphatic heterocycles. The van der Waals surface area contributed by atoms with Gasteiger partial charge in [0.25, 0.3) is 5.69 Å². The third-order valence-electron chi connectivity index (χ3n) is 4.88. The molecule has 122 valence electrons. The molecule has 0 saturated heterocycles. The van der Waals surface area contributed by atoms with Gasteiger partial charge in [0.15, 0.2) is 0 Å². The molecule has 2 aromatic carbocycles. The Labute approximate surface area is 139 Å². The Balaban J connectivity index is 1.94. The Morgan fingerprint density at radius 2 is 2.00 bits per heavy atom. The molecular weight excluding hydrogens is 302 g/mol. The van der Waals surface area contributed by atoms with Crippen molar-refractivity contribution in [1.82, 2.24) is 4.57 Å². The molecule has 1 atom stereocenters. The maximum absolute atomic E-state index is 11.1. The van der Waals surface area contributed by atoms with Crippen molar-refractivity contribution < 1.29 is 4.92 Å². The predicted molar refractivity (Wildman–Crippen MR) is 94.0 cm³/mol. The van der Waals surface area contributed by atoms with Gasteiger partial charge in [-0.1, -0.05) is 30.3 Å². The second-order valence-electron chi connectivity index (χ2n) is 6.39. The van der Waals surface area contributed by atoms with Crippen molar-refractivity contribution in [3.8, 4) is 0 Å². The molecule has 0 radical (unpaired) electrons. The number of benzene rings is 2. The Morgan fingerprint density at radius 1 is 1.21 bits per heavy atom. The van der Waals surface area contributed by atoms with Crippen LogP contribution in [0.15, 0.2) is 48.5 Å². The first-order valence-corrected chi connectivity index (χ1v) is 8.24. The van der Waals surface area contributed by atoms with Crippen LogP contribution in [0.5, 0.6) is 0 Å². The minimum Gasteiger partial charge on any atom is -0.338 e. The summed E-state index contributed by atoms with van der Waals surface area (Å²) < 4.78 is 2.24. The number of nitrogens with zero attached hydrogens (tertiary/aromatic N) is 2. The molecule has 1 aromatic heterocycles. The van der Waals surface area contributed by atoms with Crippen molar-refractivity contribution in [1.29, 1.82) is 0 Å². The molecule has 1 aliphatic rings. The summed E-state index contributed by atoms with van der Waals surface area (Å²) in [5.41, 5.74) is 11.1. The first-order chi connectivity index (χ1) is 11.6. The largest absolute Gasteiger partial charge is 0.338 e. The van der Waals surface area contributed by atoms with Crippen molar-refractivity contribution in [2.45, 2.75) is 31.8 Å². The number of rotatable bonds is 3. The number of nitrogens with two attached hydrogens (primary N) is 1. The van der Waals surface area contributed by atoms with Gasteiger partial charge in [-0.15, -0.1) is 0 Å². The molecule has 1 aliphatic carbocycles. The van der Waals surface area contributed by atoms with Gasteiger partial charge in [-0.2, -0.15) is 0 Å². The average Bonchev–Trinajstić information content (AvgIpc) is 2.90. The highest BCUT2D eigenvalue weighted by molar-refractivity contribution is 5.88. The van der Waals surface area contributed by atoms with Crippen LogP contribution in [0.1, 0.15) is 35.7 Å². The second-order valence-corrected chi connectivity index (χ2v) is 6.39. The molecule has 2 N–H and O–H groups in total. The summed E-state index contributed by atoms with van der Waals surface area (Å²) in [5.74, 6) is 0. The number of non-ortho nitro benzene ring substituents is 1. The van der Waals surface area contributed by atoms with Gasteiger partial charge in [0.05, 0.1) is 4.92 Å². The van der Waals surface area contributed by atoms with Gasteiger partial charge in [0, 0.05) is 41.3 Å². The summed E-state index contributed by atoms with van der Waals surface area (Å²) >= 11 is 0. The molecule has 24 heavy (non-hydrogen) atoms. The van der Waals surface area contributed by atoms with Crippen LogP contribution in [-0.4, -0.2) is 9.49 Å². The Kier molecular flexibility index (Phi) is 3.58. The highest BCUT2D eigenvalue weighted by Crippen LogP contribution is 2.38. The highest BCUT2D eigenvalue weighted by atomic mass is 16.6. The van der Waals surface area contributed by atoms with E-state index >= 15 is 0 Å². The van der Waals surface area contributed by atoms with Crippen molar-refractivity contribution in [2.75, 3.05) is 0 Å². The number of hydrogen-bond acceptors (Lipinski definition) is 3. The van der Waals surface area contributed by atoms with Crippen LogP contribution in [0.4, 0.5) is 5.69 Å². The average molecular weight is 321 g/mol. The standard InChI is InChI=1S/C19H19N3O2/c20-17-8-4-7-15-16-11-14(22(23)24)9-10-18(16)21(19(15)17)12-13-5-2-1-3-6-13/h1-3,5-6,9-11,17H,4,7-8,12,20H2. The van der Waals surface area contributed by atoms with E-state index in [1.165, 1.54) is 11.1 Å². The number of nitro groups is 1. The fraction of sp³-hybridized carbons (Fsp3) is 0.263. The first-order valence-electron chi connectivity index (χ1n) is 8.24. The van der Waals surface area contributed by atoms with Crippen molar-refractivity contribution in [3.63, 3.8) is 0 Å². The number of fused-ring (bicyclic) bond motifs is 3. The molecule has 0 saturated carbocycles. The summed E-state index contributed by atoms with van der Waals surface area (Å²) in [4.78, 5) is 10.8. The number of aromatic nitrogens is 1. The normalized spacial score (nSPS) is 17.0. The van der Waals surface area contributed by atoms with Crippen LogP contribution in [0.3, 0.4) is 0 Å². The Bertz CT molecular complexity index is 915. The summed E-state index contributed by atoms with van der Waals surface area (Å²) in [6, 6.07) is 15.4. The second kappa shape index (κ2) is 5.76. The number of nitro benzene ring substituents is 1. The zero-order valence-electron chi connectivity index (χ0n) is 13.3. The minimum absolute atomic E-state index is 0.0103. The maximum Gasteiger partial charge on any atom is 0.270 e. The maximum atomic E-state index is 11.1. The zero-order valence-corrected chi connectivity index (χ0v) is 13.3. The molecule has 1 unspecified atom stereocenters. The van der Waals surface area contributed by atoms with Crippen molar-refractivity contribution in [3.05, 3.63) is 75.5 Å².